The van der Waals surface area contributed by atoms with Crippen LogP contribution in [0.1, 0.15) is 35.4 Å². The van der Waals surface area contributed by atoms with Crippen molar-refractivity contribution in [3.05, 3.63) is 80.8 Å². The molecule has 165 valence electrons. The van der Waals surface area contributed by atoms with Crippen LogP contribution in [0, 0.1) is 5.82 Å². The Kier molecular flexibility index (Phi) is 5.82. The second-order valence-electron chi connectivity index (χ2n) is 8.07. The number of hydrogen-bond donors (Lipinski definition) is 1. The lowest BCUT2D eigenvalue weighted by molar-refractivity contribution is 0.138. The van der Waals surface area contributed by atoms with Crippen molar-refractivity contribution in [1.29, 1.82) is 0 Å². The molecule has 0 saturated carbocycles. The van der Waals surface area contributed by atoms with Gasteiger partial charge in [0.05, 0.1) is 41.9 Å². The first-order valence-electron chi connectivity index (χ1n) is 10.4. The molecule has 32 heavy (non-hydrogen) atoms. The molecule has 3 heterocycles. The topological polar surface area (TPSA) is 61.4 Å². The molecular weight excluding hydrogens is 452 g/mol. The molecule has 0 bridgehead atoms. The van der Waals surface area contributed by atoms with Crippen LogP contribution >= 0.6 is 23.2 Å². The molecule has 0 amide bonds. The van der Waals surface area contributed by atoms with Crippen LogP contribution in [-0.4, -0.2) is 34.6 Å². The van der Waals surface area contributed by atoms with Gasteiger partial charge in [-0.1, -0.05) is 35.3 Å². The van der Waals surface area contributed by atoms with Crippen molar-refractivity contribution in [3.8, 4) is 5.69 Å². The zero-order valence-electron chi connectivity index (χ0n) is 17.2. The SMILES string of the molecule is OC[C@@]1(c2nn(-c3ccc(Cl)cc3Cl)c3c2COC/C3=C\c2ccc(F)cc2)CCC[N]1. The lowest BCUT2D eigenvalue weighted by Gasteiger charge is -2.26. The van der Waals surface area contributed by atoms with Gasteiger partial charge in [0.1, 0.15) is 11.4 Å². The van der Waals surface area contributed by atoms with E-state index in [1.807, 2.05) is 12.1 Å². The first-order valence-corrected chi connectivity index (χ1v) is 11.2. The van der Waals surface area contributed by atoms with Gasteiger partial charge in [-0.25, -0.2) is 14.4 Å². The van der Waals surface area contributed by atoms with E-state index in [2.05, 4.69) is 0 Å². The first-order chi connectivity index (χ1) is 15.5. The van der Waals surface area contributed by atoms with Gasteiger partial charge >= 0.3 is 0 Å². The molecule has 5 nitrogen and oxygen atoms in total. The quantitative estimate of drug-likeness (QED) is 0.582. The lowest BCUT2D eigenvalue weighted by Crippen LogP contribution is -2.37. The molecule has 0 unspecified atom stereocenters. The van der Waals surface area contributed by atoms with Gasteiger partial charge in [-0.05, 0) is 54.8 Å². The smallest absolute Gasteiger partial charge is 0.123 e. The largest absolute Gasteiger partial charge is 0.394 e. The van der Waals surface area contributed by atoms with Crippen LogP contribution in [0.4, 0.5) is 4.39 Å². The van der Waals surface area contributed by atoms with Crippen LogP contribution in [0.25, 0.3) is 17.3 Å². The summed E-state index contributed by atoms with van der Waals surface area (Å²) in [5.41, 5.74) is 4.10. The summed E-state index contributed by atoms with van der Waals surface area (Å²) in [4.78, 5) is 0. The number of halogens is 3. The highest BCUT2D eigenvalue weighted by Gasteiger charge is 2.43. The monoisotopic (exact) mass is 472 g/mol. The molecule has 2 aromatic carbocycles. The number of aromatic nitrogens is 2. The van der Waals surface area contributed by atoms with E-state index in [0.717, 1.165) is 35.2 Å². The number of ether oxygens (including phenoxy) is 1. The van der Waals surface area contributed by atoms with Crippen LogP contribution in [0.15, 0.2) is 42.5 Å². The van der Waals surface area contributed by atoms with Gasteiger partial charge in [-0.3, -0.25) is 0 Å². The Balaban J connectivity index is 1.74. The van der Waals surface area contributed by atoms with Crippen molar-refractivity contribution in [2.45, 2.75) is 25.0 Å². The number of aliphatic hydroxyl groups is 1. The molecule has 1 radical (unpaired) electrons. The van der Waals surface area contributed by atoms with E-state index < -0.39 is 5.54 Å². The molecule has 0 spiro atoms. The van der Waals surface area contributed by atoms with E-state index in [1.54, 1.807) is 28.9 Å². The van der Waals surface area contributed by atoms with E-state index in [0.29, 0.717) is 41.2 Å². The highest BCUT2D eigenvalue weighted by Crippen LogP contribution is 2.41. The molecule has 2 aliphatic heterocycles. The zero-order chi connectivity index (χ0) is 22.3. The molecule has 8 heteroatoms. The molecule has 1 atom stereocenters. The lowest BCUT2D eigenvalue weighted by atomic mass is 9.89. The fraction of sp³-hybridized carbons (Fsp3) is 0.292. The van der Waals surface area contributed by atoms with Crippen molar-refractivity contribution in [2.75, 3.05) is 19.8 Å². The number of aliphatic hydroxyl groups excluding tert-OH is 1. The summed E-state index contributed by atoms with van der Waals surface area (Å²) in [6, 6.07) is 11.5. The molecule has 1 saturated heterocycles. The Morgan fingerprint density at radius 3 is 2.66 bits per heavy atom. The summed E-state index contributed by atoms with van der Waals surface area (Å²) in [6.07, 6.45) is 3.57. The minimum absolute atomic E-state index is 0.123. The Labute approximate surface area is 195 Å². The van der Waals surface area contributed by atoms with E-state index in [9.17, 15) is 9.50 Å². The maximum Gasteiger partial charge on any atom is 0.123 e. The van der Waals surface area contributed by atoms with Gasteiger partial charge in [-0.2, -0.15) is 5.10 Å². The molecule has 1 aromatic heterocycles. The van der Waals surface area contributed by atoms with Crippen LogP contribution in [0.3, 0.4) is 0 Å². The summed E-state index contributed by atoms with van der Waals surface area (Å²) in [6.45, 7) is 1.28. The highest BCUT2D eigenvalue weighted by atomic mass is 35.5. The summed E-state index contributed by atoms with van der Waals surface area (Å²) in [7, 11) is 0. The van der Waals surface area contributed by atoms with E-state index in [1.165, 1.54) is 12.1 Å². The van der Waals surface area contributed by atoms with Crippen molar-refractivity contribution < 1.29 is 14.2 Å². The summed E-state index contributed by atoms with van der Waals surface area (Å²) in [5.74, 6) is -0.291. The van der Waals surface area contributed by atoms with Crippen molar-refractivity contribution in [3.63, 3.8) is 0 Å². The van der Waals surface area contributed by atoms with Crippen molar-refractivity contribution in [1.82, 2.24) is 15.1 Å². The molecule has 1 fully saturated rings. The number of fused-ring (bicyclic) bond motifs is 1. The van der Waals surface area contributed by atoms with E-state index >= 15 is 0 Å². The third kappa shape index (κ3) is 3.76. The molecule has 2 aliphatic rings. The number of nitrogens with zero attached hydrogens (tertiary/aromatic N) is 3. The molecule has 3 aromatic rings. The van der Waals surface area contributed by atoms with Gasteiger partial charge in [0.2, 0.25) is 0 Å². The van der Waals surface area contributed by atoms with Gasteiger partial charge < -0.3 is 9.84 Å². The Morgan fingerprint density at radius 2 is 1.97 bits per heavy atom. The Hall–Kier alpha value is -2.22. The normalized spacial score (nSPS) is 21.8. The Bertz CT molecular complexity index is 1180. The minimum Gasteiger partial charge on any atom is -0.394 e. The van der Waals surface area contributed by atoms with E-state index in [-0.39, 0.29) is 12.4 Å². The summed E-state index contributed by atoms with van der Waals surface area (Å²) >= 11 is 12.7. The number of benzene rings is 2. The second-order valence-corrected chi connectivity index (χ2v) is 8.92. The van der Waals surface area contributed by atoms with Gasteiger partial charge in [-0.15, -0.1) is 0 Å². The van der Waals surface area contributed by atoms with Gasteiger partial charge in [0, 0.05) is 22.7 Å². The van der Waals surface area contributed by atoms with Crippen LogP contribution in [0.5, 0.6) is 0 Å². The van der Waals surface area contributed by atoms with Crippen molar-refractivity contribution >= 4 is 34.9 Å². The fourth-order valence-electron chi connectivity index (χ4n) is 4.46. The molecule has 0 aliphatic carbocycles. The van der Waals surface area contributed by atoms with Crippen LogP contribution < -0.4 is 5.32 Å². The number of rotatable bonds is 4. The maximum atomic E-state index is 13.4. The molecular formula is C24H21Cl2FN3O2. The molecule has 5 rings (SSSR count). The van der Waals surface area contributed by atoms with Gasteiger partial charge in [0.15, 0.2) is 0 Å². The first kappa shape index (κ1) is 21.6. The predicted octanol–water partition coefficient (Wildman–Crippen LogP) is 4.97. The van der Waals surface area contributed by atoms with E-state index in [4.69, 9.17) is 38.4 Å². The summed E-state index contributed by atoms with van der Waals surface area (Å²) < 4.78 is 21.1. The van der Waals surface area contributed by atoms with Crippen LogP contribution in [0.2, 0.25) is 10.0 Å². The average Bonchev–Trinajstić information content (AvgIpc) is 3.42. The minimum atomic E-state index is -0.754. The predicted molar refractivity (Wildman–Crippen MR) is 123 cm³/mol. The fourth-order valence-corrected chi connectivity index (χ4v) is 4.95. The molecule has 1 N–H and O–H groups in total. The Morgan fingerprint density at radius 1 is 1.16 bits per heavy atom. The third-order valence-electron chi connectivity index (χ3n) is 6.01. The average molecular weight is 473 g/mol. The van der Waals surface area contributed by atoms with Crippen molar-refractivity contribution in [2.24, 2.45) is 0 Å². The van der Waals surface area contributed by atoms with Gasteiger partial charge in [0.25, 0.3) is 0 Å². The zero-order valence-corrected chi connectivity index (χ0v) is 18.7. The standard InChI is InChI=1S/C24H21Cl2FN3O2/c25-17-4-7-21(20(26)11-17)30-22-16(10-15-2-5-18(27)6-3-15)12-32-13-19(22)23(29-30)24(14-31)8-1-9-28-24/h2-7,10-11,31H,1,8-9,12-14H2/b16-10+/t24-/m1/s1. The summed E-state index contributed by atoms with van der Waals surface area (Å²) in [5, 5.41) is 21.0. The maximum absolute atomic E-state index is 13.4. The highest BCUT2D eigenvalue weighted by molar-refractivity contribution is 6.35. The third-order valence-corrected chi connectivity index (χ3v) is 6.54. The van der Waals surface area contributed by atoms with Crippen LogP contribution in [-0.2, 0) is 16.9 Å². The number of hydrogen-bond acceptors (Lipinski definition) is 3. The second kappa shape index (κ2) is 8.61.